The molecule has 0 unspecified atom stereocenters. The smallest absolute Gasteiger partial charge is 0.123 e. The molecule has 2 aromatic rings. The van der Waals surface area contributed by atoms with Crippen LogP contribution in [0.25, 0.3) is 0 Å². The van der Waals surface area contributed by atoms with E-state index in [0.717, 1.165) is 15.8 Å². The van der Waals surface area contributed by atoms with Crippen molar-refractivity contribution in [1.29, 1.82) is 5.26 Å². The van der Waals surface area contributed by atoms with E-state index in [9.17, 15) is 4.39 Å². The van der Waals surface area contributed by atoms with Crippen LogP contribution in [0.2, 0.25) is 0 Å². The third-order valence-corrected chi connectivity index (χ3v) is 3.66. The van der Waals surface area contributed by atoms with Crippen LogP contribution < -0.4 is 4.74 Å². The second kappa shape index (κ2) is 6.73. The lowest BCUT2D eigenvalue weighted by Crippen LogP contribution is -2.02. The Hall–Kier alpha value is -1.86. The van der Waals surface area contributed by atoms with Crippen molar-refractivity contribution in [2.75, 3.05) is 0 Å². The predicted octanol–water partition coefficient (Wildman–Crippen LogP) is 5.16. The summed E-state index contributed by atoms with van der Waals surface area (Å²) >= 11 is 3.44. The number of hydrogen-bond donors (Lipinski definition) is 0. The first-order chi connectivity index (χ1) is 10.0. The highest BCUT2D eigenvalue weighted by Crippen LogP contribution is 2.30. The van der Waals surface area contributed by atoms with Crippen LogP contribution in [0.1, 0.15) is 36.5 Å². The summed E-state index contributed by atoms with van der Waals surface area (Å²) in [4.78, 5) is 0. The number of hydrogen-bond acceptors (Lipinski definition) is 2. The quantitative estimate of drug-likeness (QED) is 0.764. The summed E-state index contributed by atoms with van der Waals surface area (Å²) in [6.45, 7) is 4.33. The van der Waals surface area contributed by atoms with E-state index in [0.29, 0.717) is 17.0 Å². The monoisotopic (exact) mass is 347 g/mol. The van der Waals surface area contributed by atoms with Crippen molar-refractivity contribution in [3.8, 4) is 11.8 Å². The fourth-order valence-electron chi connectivity index (χ4n) is 2.05. The van der Waals surface area contributed by atoms with Crippen molar-refractivity contribution in [1.82, 2.24) is 0 Å². The summed E-state index contributed by atoms with van der Waals surface area (Å²) in [6.07, 6.45) is 0. The van der Waals surface area contributed by atoms with Gasteiger partial charge in [-0.1, -0.05) is 29.8 Å². The lowest BCUT2D eigenvalue weighted by atomic mass is 10.0. The van der Waals surface area contributed by atoms with E-state index in [2.05, 4.69) is 35.8 Å². The SMILES string of the molecule is CC(C)c1cc(Br)ccc1OCc1cc(F)ccc1C#N. The molecule has 0 saturated heterocycles. The Morgan fingerprint density at radius 3 is 2.67 bits per heavy atom. The zero-order valence-electron chi connectivity index (χ0n) is 11.9. The van der Waals surface area contributed by atoms with Gasteiger partial charge in [-0.05, 0) is 47.9 Å². The molecular formula is C17H15BrFNO. The molecule has 0 radical (unpaired) electrons. The van der Waals surface area contributed by atoms with Gasteiger partial charge < -0.3 is 4.74 Å². The molecule has 2 aromatic carbocycles. The highest BCUT2D eigenvalue weighted by atomic mass is 79.9. The standard InChI is InChI=1S/C17H15BrFNO/c1-11(2)16-8-14(18)4-6-17(16)21-10-13-7-15(19)5-3-12(13)9-20/h3-8,11H,10H2,1-2H3. The molecule has 0 atom stereocenters. The second-order valence-electron chi connectivity index (χ2n) is 5.04. The molecule has 21 heavy (non-hydrogen) atoms. The van der Waals surface area contributed by atoms with Crippen LogP contribution in [-0.2, 0) is 6.61 Å². The fraction of sp³-hybridized carbons (Fsp3) is 0.235. The van der Waals surface area contributed by atoms with Crippen molar-refractivity contribution in [2.24, 2.45) is 0 Å². The lowest BCUT2D eigenvalue weighted by Gasteiger charge is -2.15. The van der Waals surface area contributed by atoms with E-state index in [1.165, 1.54) is 18.2 Å². The Morgan fingerprint density at radius 1 is 1.24 bits per heavy atom. The molecule has 0 amide bonds. The summed E-state index contributed by atoms with van der Waals surface area (Å²) in [5, 5.41) is 9.05. The van der Waals surface area contributed by atoms with Crippen molar-refractivity contribution < 1.29 is 9.13 Å². The minimum Gasteiger partial charge on any atom is -0.489 e. The lowest BCUT2D eigenvalue weighted by molar-refractivity contribution is 0.301. The van der Waals surface area contributed by atoms with Crippen molar-refractivity contribution in [2.45, 2.75) is 26.4 Å². The summed E-state index contributed by atoms with van der Waals surface area (Å²) < 4.78 is 20.1. The molecule has 4 heteroatoms. The molecule has 0 aliphatic heterocycles. The molecule has 0 N–H and O–H groups in total. The zero-order chi connectivity index (χ0) is 15.4. The summed E-state index contributed by atoms with van der Waals surface area (Å²) in [5.41, 5.74) is 2.05. The minimum absolute atomic E-state index is 0.169. The fourth-order valence-corrected chi connectivity index (χ4v) is 2.43. The van der Waals surface area contributed by atoms with Gasteiger partial charge in [0.1, 0.15) is 18.2 Å². The first-order valence-corrected chi connectivity index (χ1v) is 7.41. The van der Waals surface area contributed by atoms with E-state index < -0.39 is 0 Å². The number of ether oxygens (including phenoxy) is 1. The third kappa shape index (κ3) is 3.83. The molecule has 0 saturated carbocycles. The Kier molecular flexibility index (Phi) is 4.98. The van der Waals surface area contributed by atoms with Gasteiger partial charge in [0, 0.05) is 10.0 Å². The number of rotatable bonds is 4. The van der Waals surface area contributed by atoms with Gasteiger partial charge in [0.05, 0.1) is 11.6 Å². The van der Waals surface area contributed by atoms with Crippen LogP contribution in [0.4, 0.5) is 4.39 Å². The topological polar surface area (TPSA) is 33.0 Å². The van der Waals surface area contributed by atoms with Crippen LogP contribution in [0.15, 0.2) is 40.9 Å². The second-order valence-corrected chi connectivity index (χ2v) is 5.95. The molecule has 0 heterocycles. The Bertz CT molecular complexity index is 692. The molecular weight excluding hydrogens is 333 g/mol. The van der Waals surface area contributed by atoms with Gasteiger partial charge in [0.25, 0.3) is 0 Å². The first kappa shape index (κ1) is 15.5. The molecule has 2 nitrogen and oxygen atoms in total. The van der Waals surface area contributed by atoms with Gasteiger partial charge in [0.15, 0.2) is 0 Å². The van der Waals surface area contributed by atoms with E-state index in [1.807, 2.05) is 18.2 Å². The molecule has 0 bridgehead atoms. The van der Waals surface area contributed by atoms with Gasteiger partial charge in [0.2, 0.25) is 0 Å². The van der Waals surface area contributed by atoms with E-state index >= 15 is 0 Å². The normalized spacial score (nSPS) is 10.5. The van der Waals surface area contributed by atoms with Crippen molar-refractivity contribution in [3.05, 3.63) is 63.4 Å². The zero-order valence-corrected chi connectivity index (χ0v) is 13.4. The van der Waals surface area contributed by atoms with Gasteiger partial charge in [-0.2, -0.15) is 5.26 Å². The van der Waals surface area contributed by atoms with Gasteiger partial charge >= 0.3 is 0 Å². The summed E-state index contributed by atoms with van der Waals surface area (Å²) in [5.74, 6) is 0.689. The minimum atomic E-state index is -0.368. The van der Waals surface area contributed by atoms with E-state index in [-0.39, 0.29) is 12.4 Å². The number of halogens is 2. The van der Waals surface area contributed by atoms with Crippen LogP contribution in [0, 0.1) is 17.1 Å². The van der Waals surface area contributed by atoms with E-state index in [1.54, 1.807) is 0 Å². The maximum absolute atomic E-state index is 13.3. The van der Waals surface area contributed by atoms with Crippen LogP contribution in [0.3, 0.4) is 0 Å². The predicted molar refractivity (Wildman–Crippen MR) is 83.7 cm³/mol. The van der Waals surface area contributed by atoms with Crippen LogP contribution in [-0.4, -0.2) is 0 Å². The molecule has 0 aliphatic carbocycles. The molecule has 0 spiro atoms. The maximum atomic E-state index is 13.3. The highest BCUT2D eigenvalue weighted by molar-refractivity contribution is 9.10. The number of nitrogens with zero attached hydrogens (tertiary/aromatic N) is 1. The molecule has 108 valence electrons. The Morgan fingerprint density at radius 2 is 2.00 bits per heavy atom. The average molecular weight is 348 g/mol. The van der Waals surface area contributed by atoms with Crippen LogP contribution in [0.5, 0.6) is 5.75 Å². The van der Waals surface area contributed by atoms with Crippen molar-refractivity contribution >= 4 is 15.9 Å². The first-order valence-electron chi connectivity index (χ1n) is 6.62. The van der Waals surface area contributed by atoms with Gasteiger partial charge in [-0.15, -0.1) is 0 Å². The average Bonchev–Trinajstić information content (AvgIpc) is 2.46. The molecule has 0 aromatic heterocycles. The number of benzene rings is 2. The van der Waals surface area contributed by atoms with Gasteiger partial charge in [-0.3, -0.25) is 0 Å². The van der Waals surface area contributed by atoms with Crippen molar-refractivity contribution in [3.63, 3.8) is 0 Å². The van der Waals surface area contributed by atoms with Crippen LogP contribution >= 0.6 is 15.9 Å². The number of nitriles is 1. The largest absolute Gasteiger partial charge is 0.489 e. The highest BCUT2D eigenvalue weighted by Gasteiger charge is 2.10. The maximum Gasteiger partial charge on any atom is 0.123 e. The Balaban J connectivity index is 2.25. The Labute approximate surface area is 132 Å². The third-order valence-electron chi connectivity index (χ3n) is 3.16. The molecule has 0 fully saturated rings. The summed E-state index contributed by atoms with van der Waals surface area (Å²) in [6, 6.07) is 11.9. The van der Waals surface area contributed by atoms with E-state index in [4.69, 9.17) is 10.00 Å². The molecule has 2 rings (SSSR count). The summed E-state index contributed by atoms with van der Waals surface area (Å²) in [7, 11) is 0. The molecule has 0 aliphatic rings. The van der Waals surface area contributed by atoms with Gasteiger partial charge in [-0.25, -0.2) is 4.39 Å².